The molecule has 2 aromatic carbocycles. The molecule has 0 aliphatic rings. The molecule has 0 aromatic heterocycles. The maximum absolute atomic E-state index is 13.9. The van der Waals surface area contributed by atoms with E-state index in [2.05, 4.69) is 0 Å². The van der Waals surface area contributed by atoms with Crippen molar-refractivity contribution in [2.75, 3.05) is 22.8 Å². The molecule has 2 rings (SSSR count). The number of benzene rings is 2. The van der Waals surface area contributed by atoms with Crippen LogP contribution < -0.4 is 9.44 Å². The molecule has 0 atom stereocenters. The number of anilines is 1. The second-order valence-corrected chi connectivity index (χ2v) is 10.4. The molecule has 148 valence electrons. The molecule has 0 fully saturated rings. The third-order valence-corrected chi connectivity index (χ3v) is 7.47. The minimum atomic E-state index is -4.23. The van der Waals surface area contributed by atoms with Gasteiger partial charge in [0.05, 0.1) is 18.2 Å². The van der Waals surface area contributed by atoms with Gasteiger partial charge in [-0.25, -0.2) is 21.2 Å². The quantitative estimate of drug-likeness (QED) is 0.753. The SMILES string of the molecule is Cc1c(Cl)cc(CCN)c(-c2cccc(F)c2)c1N(S(C)(=O)=O)S(C)(=O)=O. The Morgan fingerprint density at radius 2 is 1.70 bits per heavy atom. The first-order chi connectivity index (χ1) is 12.4. The molecule has 0 saturated carbocycles. The highest BCUT2D eigenvalue weighted by Gasteiger charge is 2.33. The van der Waals surface area contributed by atoms with Gasteiger partial charge in [0, 0.05) is 10.6 Å². The van der Waals surface area contributed by atoms with E-state index in [0.29, 0.717) is 21.3 Å². The van der Waals surface area contributed by atoms with E-state index in [0.717, 1.165) is 12.5 Å². The van der Waals surface area contributed by atoms with Gasteiger partial charge in [-0.3, -0.25) is 0 Å². The van der Waals surface area contributed by atoms with E-state index in [-0.39, 0.29) is 28.4 Å². The molecule has 0 bridgehead atoms. The van der Waals surface area contributed by atoms with E-state index in [9.17, 15) is 21.2 Å². The van der Waals surface area contributed by atoms with Gasteiger partial charge >= 0.3 is 0 Å². The van der Waals surface area contributed by atoms with Crippen LogP contribution in [-0.2, 0) is 26.5 Å². The summed E-state index contributed by atoms with van der Waals surface area (Å²) in [4.78, 5) is 0. The standard InChI is InChI=1S/C17H20ClFN2O4S2/c1-11-15(18)10-13(7-8-20)16(12-5-4-6-14(19)9-12)17(11)21(26(2,22)23)27(3,24)25/h4-6,9-10H,7-8,20H2,1-3H3. The van der Waals surface area contributed by atoms with Gasteiger partial charge in [-0.1, -0.05) is 23.7 Å². The molecule has 0 heterocycles. The molecule has 0 spiro atoms. The van der Waals surface area contributed by atoms with Crippen molar-refractivity contribution in [3.63, 3.8) is 0 Å². The summed E-state index contributed by atoms with van der Waals surface area (Å²) in [6, 6.07) is 7.05. The second kappa shape index (κ2) is 7.75. The van der Waals surface area contributed by atoms with Crippen molar-refractivity contribution in [3.8, 4) is 11.1 Å². The van der Waals surface area contributed by atoms with Crippen LogP contribution >= 0.6 is 11.6 Å². The number of rotatable bonds is 6. The Hall–Kier alpha value is -1.68. The van der Waals surface area contributed by atoms with E-state index in [4.69, 9.17) is 17.3 Å². The molecule has 6 nitrogen and oxygen atoms in total. The van der Waals surface area contributed by atoms with Crippen molar-refractivity contribution in [1.29, 1.82) is 0 Å². The first kappa shape index (κ1) is 21.6. The van der Waals surface area contributed by atoms with Gasteiger partial charge in [-0.05, 0) is 54.8 Å². The molecule has 2 N–H and O–H groups in total. The summed E-state index contributed by atoms with van der Waals surface area (Å²) < 4.78 is 63.7. The van der Waals surface area contributed by atoms with Crippen LogP contribution in [0.5, 0.6) is 0 Å². The van der Waals surface area contributed by atoms with Crippen molar-refractivity contribution in [1.82, 2.24) is 0 Å². The topological polar surface area (TPSA) is 97.5 Å². The van der Waals surface area contributed by atoms with Crippen molar-refractivity contribution in [2.24, 2.45) is 5.73 Å². The minimum absolute atomic E-state index is 0.124. The lowest BCUT2D eigenvalue weighted by atomic mass is 9.93. The lowest BCUT2D eigenvalue weighted by molar-refractivity contribution is 0.590. The van der Waals surface area contributed by atoms with E-state index in [1.165, 1.54) is 25.1 Å². The lowest BCUT2D eigenvalue weighted by Crippen LogP contribution is -2.36. The first-order valence-corrected chi connectivity index (χ1v) is 11.9. The van der Waals surface area contributed by atoms with Gasteiger partial charge in [0.25, 0.3) is 0 Å². The second-order valence-electron chi connectivity index (χ2n) is 6.14. The van der Waals surface area contributed by atoms with Gasteiger partial charge < -0.3 is 5.73 Å². The van der Waals surface area contributed by atoms with Gasteiger partial charge in [-0.15, -0.1) is 0 Å². The Labute approximate surface area is 163 Å². The predicted octanol–water partition coefficient (Wildman–Crippen LogP) is 2.68. The fourth-order valence-corrected chi connectivity index (χ4v) is 6.22. The molecule has 2 aromatic rings. The van der Waals surface area contributed by atoms with Crippen molar-refractivity contribution in [2.45, 2.75) is 13.3 Å². The zero-order valence-electron chi connectivity index (χ0n) is 15.0. The Morgan fingerprint density at radius 3 is 2.19 bits per heavy atom. The summed E-state index contributed by atoms with van der Waals surface area (Å²) in [5.41, 5.74) is 6.88. The maximum atomic E-state index is 13.9. The molecular formula is C17H20ClFN2O4S2. The third-order valence-electron chi connectivity index (χ3n) is 3.88. The van der Waals surface area contributed by atoms with Crippen LogP contribution in [0.15, 0.2) is 30.3 Å². The molecule has 0 aliphatic heterocycles. The monoisotopic (exact) mass is 434 g/mol. The average molecular weight is 435 g/mol. The van der Waals surface area contributed by atoms with E-state index in [1.807, 2.05) is 0 Å². The zero-order chi connectivity index (χ0) is 20.6. The Morgan fingerprint density at radius 1 is 1.11 bits per heavy atom. The van der Waals surface area contributed by atoms with E-state index in [1.54, 1.807) is 12.1 Å². The molecule has 0 radical (unpaired) electrons. The van der Waals surface area contributed by atoms with Crippen molar-refractivity contribution in [3.05, 3.63) is 52.3 Å². The smallest absolute Gasteiger partial charge is 0.245 e. The van der Waals surface area contributed by atoms with Crippen LogP contribution in [0.3, 0.4) is 0 Å². The summed E-state index contributed by atoms with van der Waals surface area (Å²) in [6.07, 6.45) is 1.86. The van der Waals surface area contributed by atoms with E-state index >= 15 is 0 Å². The zero-order valence-corrected chi connectivity index (χ0v) is 17.4. The molecular weight excluding hydrogens is 415 g/mol. The molecule has 0 amide bonds. The van der Waals surface area contributed by atoms with Crippen LogP contribution in [0.4, 0.5) is 10.1 Å². The predicted molar refractivity (Wildman–Crippen MR) is 107 cm³/mol. The van der Waals surface area contributed by atoms with Crippen LogP contribution in [0.2, 0.25) is 5.02 Å². The van der Waals surface area contributed by atoms with E-state index < -0.39 is 25.9 Å². The number of hydrogen-bond acceptors (Lipinski definition) is 5. The van der Waals surface area contributed by atoms with Crippen LogP contribution in [-0.4, -0.2) is 35.9 Å². The lowest BCUT2D eigenvalue weighted by Gasteiger charge is -2.27. The number of nitrogens with two attached hydrogens (primary N) is 1. The number of sulfonamides is 2. The minimum Gasteiger partial charge on any atom is -0.330 e. The van der Waals surface area contributed by atoms with Gasteiger partial charge in [0.1, 0.15) is 5.82 Å². The number of nitrogens with zero attached hydrogens (tertiary/aromatic N) is 1. The molecule has 10 heteroatoms. The average Bonchev–Trinajstić information content (AvgIpc) is 2.50. The third kappa shape index (κ3) is 4.60. The molecule has 0 saturated heterocycles. The van der Waals surface area contributed by atoms with Gasteiger partial charge in [-0.2, -0.15) is 3.71 Å². The Balaban J connectivity index is 3.07. The Kier molecular flexibility index (Phi) is 6.20. The number of halogens is 2. The highest BCUT2D eigenvalue weighted by molar-refractivity contribution is 8.09. The van der Waals surface area contributed by atoms with Gasteiger partial charge in [0.2, 0.25) is 20.0 Å². The summed E-state index contributed by atoms with van der Waals surface area (Å²) >= 11 is 6.26. The molecule has 0 unspecified atom stereocenters. The van der Waals surface area contributed by atoms with Crippen LogP contribution in [0.25, 0.3) is 11.1 Å². The van der Waals surface area contributed by atoms with Crippen LogP contribution in [0, 0.1) is 12.7 Å². The maximum Gasteiger partial charge on any atom is 0.245 e. The highest BCUT2D eigenvalue weighted by atomic mass is 35.5. The highest BCUT2D eigenvalue weighted by Crippen LogP contribution is 2.42. The van der Waals surface area contributed by atoms with Crippen molar-refractivity contribution >= 4 is 37.3 Å². The van der Waals surface area contributed by atoms with Crippen LogP contribution in [0.1, 0.15) is 11.1 Å². The fraction of sp³-hybridized carbons (Fsp3) is 0.294. The largest absolute Gasteiger partial charge is 0.330 e. The summed E-state index contributed by atoms with van der Waals surface area (Å²) in [6.45, 7) is 1.72. The molecule has 0 aliphatic carbocycles. The first-order valence-electron chi connectivity index (χ1n) is 7.86. The summed E-state index contributed by atoms with van der Waals surface area (Å²) in [5.74, 6) is -0.546. The Bertz CT molecular complexity index is 1050. The summed E-state index contributed by atoms with van der Waals surface area (Å²) in [5, 5.41) is 0.186. The van der Waals surface area contributed by atoms with Gasteiger partial charge in [0.15, 0.2) is 0 Å². The molecule has 27 heavy (non-hydrogen) atoms. The fourth-order valence-electron chi connectivity index (χ4n) is 2.91. The normalized spacial score (nSPS) is 12.2. The summed E-state index contributed by atoms with van der Waals surface area (Å²) in [7, 11) is -8.45. The van der Waals surface area contributed by atoms with Crippen molar-refractivity contribution < 1.29 is 21.2 Å². The number of hydrogen-bond donors (Lipinski definition) is 1.